The second-order valence-electron chi connectivity index (χ2n) is 15.5. The molecule has 9 nitrogen and oxygen atoms in total. The van der Waals surface area contributed by atoms with Gasteiger partial charge in [0.15, 0.2) is 6.29 Å². The van der Waals surface area contributed by atoms with Crippen LogP contribution in [0.15, 0.2) is 109 Å². The van der Waals surface area contributed by atoms with Crippen LogP contribution in [-0.2, 0) is 14.3 Å². The molecule has 0 spiro atoms. The molecule has 1 saturated heterocycles. The van der Waals surface area contributed by atoms with Gasteiger partial charge in [0.1, 0.15) is 24.4 Å². The van der Waals surface area contributed by atoms with Crippen LogP contribution in [-0.4, -0.2) is 87.5 Å². The van der Waals surface area contributed by atoms with Crippen molar-refractivity contribution in [3.05, 3.63) is 109 Å². The lowest BCUT2D eigenvalue weighted by molar-refractivity contribution is -0.302. The Balaban J connectivity index is 2.43. The standard InChI is InChI=1S/C51H83NO8/c1-3-5-7-9-11-13-15-17-19-20-21-22-23-24-25-26-27-29-31-33-35-37-39-41-47(55)52-44(43-59-51-50(58)49(57)48(56)46(42-53)60-51)45(54)40-38-36-34-32-30-28-18-16-14-12-10-8-6-4-2/h5,7,11,13,17,19,21-22,24-25,27,29-30,32-33,35,38,40,44-46,48-51,53-54,56-58H,3-4,6,8-10,12,14-16,18,20,23,26,28,31,34,36-37,39,41-43H2,1-2H3,(H,52,55)/b7-5-,13-11-,19-17-,22-21-,25-24-,29-27-,32-30+,35-33-,40-38+. The summed E-state index contributed by atoms with van der Waals surface area (Å²) in [6.07, 6.45) is 51.3. The molecule has 0 saturated carbocycles. The van der Waals surface area contributed by atoms with Gasteiger partial charge in [0.05, 0.1) is 25.4 Å². The lowest BCUT2D eigenvalue weighted by Crippen LogP contribution is -2.60. The van der Waals surface area contributed by atoms with Crippen molar-refractivity contribution in [2.45, 2.75) is 192 Å². The zero-order valence-corrected chi connectivity index (χ0v) is 37.2. The topological polar surface area (TPSA) is 149 Å². The first-order valence-corrected chi connectivity index (χ1v) is 23.1. The van der Waals surface area contributed by atoms with Crippen molar-refractivity contribution >= 4 is 5.91 Å². The van der Waals surface area contributed by atoms with Crippen LogP contribution in [0.5, 0.6) is 0 Å². The van der Waals surface area contributed by atoms with Crippen molar-refractivity contribution in [2.24, 2.45) is 0 Å². The van der Waals surface area contributed by atoms with E-state index in [1.165, 1.54) is 51.4 Å². The molecular formula is C51H83NO8. The number of carbonyl (C=O) groups excluding carboxylic acids is 1. The fraction of sp³-hybridized carbons (Fsp3) is 0.627. The molecule has 1 aliphatic rings. The van der Waals surface area contributed by atoms with Crippen LogP contribution >= 0.6 is 0 Å². The van der Waals surface area contributed by atoms with Crippen LogP contribution in [0.2, 0.25) is 0 Å². The number of unbranched alkanes of at least 4 members (excludes halogenated alkanes) is 10. The molecule has 1 aliphatic heterocycles. The summed E-state index contributed by atoms with van der Waals surface area (Å²) in [7, 11) is 0. The summed E-state index contributed by atoms with van der Waals surface area (Å²) in [5.41, 5.74) is 0. The van der Waals surface area contributed by atoms with Crippen molar-refractivity contribution in [2.75, 3.05) is 13.2 Å². The highest BCUT2D eigenvalue weighted by molar-refractivity contribution is 5.76. The van der Waals surface area contributed by atoms with Crippen molar-refractivity contribution < 1.29 is 39.8 Å². The fourth-order valence-corrected chi connectivity index (χ4v) is 6.39. The predicted octanol–water partition coefficient (Wildman–Crippen LogP) is 9.89. The van der Waals surface area contributed by atoms with Crippen molar-refractivity contribution in [1.82, 2.24) is 5.32 Å². The number of nitrogens with one attached hydrogen (secondary N) is 1. The van der Waals surface area contributed by atoms with E-state index in [0.717, 1.165) is 70.6 Å². The maximum Gasteiger partial charge on any atom is 0.220 e. The average molecular weight is 838 g/mol. The molecule has 0 aromatic rings. The van der Waals surface area contributed by atoms with Gasteiger partial charge in [0, 0.05) is 6.42 Å². The molecule has 1 amide bonds. The van der Waals surface area contributed by atoms with Gasteiger partial charge in [-0.25, -0.2) is 0 Å². The number of ether oxygens (including phenoxy) is 2. The number of aliphatic hydroxyl groups excluding tert-OH is 5. The Labute approximate surface area is 364 Å². The van der Waals surface area contributed by atoms with Crippen LogP contribution < -0.4 is 5.32 Å². The zero-order chi connectivity index (χ0) is 43.7. The number of carbonyl (C=O) groups is 1. The SMILES string of the molecule is CC/C=C\C/C=C\C/C=C\C/C=C\C/C=C\C/C=C\C/C=C\CCCC(=O)NC(COC1OC(CO)C(O)C(O)C1O)C(O)/C=C/CC/C=C/CCCCCCCCCC. The minimum absolute atomic E-state index is 0.232. The molecule has 0 bridgehead atoms. The van der Waals surface area contributed by atoms with Gasteiger partial charge >= 0.3 is 0 Å². The molecule has 6 N–H and O–H groups in total. The zero-order valence-electron chi connectivity index (χ0n) is 37.2. The van der Waals surface area contributed by atoms with Gasteiger partial charge in [-0.3, -0.25) is 4.79 Å². The van der Waals surface area contributed by atoms with Crippen molar-refractivity contribution in [3.8, 4) is 0 Å². The highest BCUT2D eigenvalue weighted by Crippen LogP contribution is 2.22. The van der Waals surface area contributed by atoms with Crippen LogP contribution in [0.3, 0.4) is 0 Å². The van der Waals surface area contributed by atoms with Crippen LogP contribution in [0.4, 0.5) is 0 Å². The largest absolute Gasteiger partial charge is 0.394 e. The van der Waals surface area contributed by atoms with E-state index in [1.807, 2.05) is 6.08 Å². The number of hydrogen-bond donors (Lipinski definition) is 6. The number of allylic oxidation sites excluding steroid dienone is 17. The first-order chi connectivity index (χ1) is 29.3. The summed E-state index contributed by atoms with van der Waals surface area (Å²) in [6.45, 7) is 3.57. The average Bonchev–Trinajstić information content (AvgIpc) is 3.25. The molecule has 60 heavy (non-hydrogen) atoms. The van der Waals surface area contributed by atoms with Gasteiger partial charge in [-0.15, -0.1) is 0 Å². The van der Waals surface area contributed by atoms with Crippen LogP contribution in [0.1, 0.15) is 149 Å². The summed E-state index contributed by atoms with van der Waals surface area (Å²) < 4.78 is 11.2. The maximum atomic E-state index is 12.9. The summed E-state index contributed by atoms with van der Waals surface area (Å²) in [4.78, 5) is 12.9. The van der Waals surface area contributed by atoms with Gasteiger partial charge in [-0.05, 0) is 83.5 Å². The van der Waals surface area contributed by atoms with Gasteiger partial charge in [0.25, 0.3) is 0 Å². The highest BCUT2D eigenvalue weighted by atomic mass is 16.7. The molecule has 1 rings (SSSR count). The second-order valence-corrected chi connectivity index (χ2v) is 15.5. The lowest BCUT2D eigenvalue weighted by Gasteiger charge is -2.40. The van der Waals surface area contributed by atoms with Gasteiger partial charge in [-0.2, -0.15) is 0 Å². The van der Waals surface area contributed by atoms with E-state index < -0.39 is 49.5 Å². The lowest BCUT2D eigenvalue weighted by atomic mass is 9.99. The molecule has 1 fully saturated rings. The number of amides is 1. The monoisotopic (exact) mass is 838 g/mol. The molecule has 9 heteroatoms. The van der Waals surface area contributed by atoms with E-state index >= 15 is 0 Å². The Morgan fingerprint density at radius 2 is 1.05 bits per heavy atom. The Morgan fingerprint density at radius 3 is 1.60 bits per heavy atom. The Kier molecular flexibility index (Phi) is 36.5. The minimum atomic E-state index is -1.59. The van der Waals surface area contributed by atoms with E-state index in [2.05, 4.69) is 116 Å². The number of aliphatic hydroxyl groups is 5. The Morgan fingerprint density at radius 1 is 0.583 bits per heavy atom. The molecule has 0 aliphatic carbocycles. The normalized spacial score (nSPS) is 21.6. The summed E-state index contributed by atoms with van der Waals surface area (Å²) in [6, 6.07) is -0.859. The molecule has 0 aromatic heterocycles. The van der Waals surface area contributed by atoms with Crippen molar-refractivity contribution in [3.63, 3.8) is 0 Å². The Hall–Kier alpha value is -3.15. The quantitative estimate of drug-likeness (QED) is 0.0270. The van der Waals surface area contributed by atoms with Crippen LogP contribution in [0, 0.1) is 0 Å². The van der Waals surface area contributed by atoms with Gasteiger partial charge in [0.2, 0.25) is 5.91 Å². The summed E-state index contributed by atoms with van der Waals surface area (Å²) >= 11 is 0. The summed E-state index contributed by atoms with van der Waals surface area (Å²) in [5.74, 6) is -0.251. The van der Waals surface area contributed by atoms with Gasteiger partial charge < -0.3 is 40.3 Å². The molecule has 7 unspecified atom stereocenters. The maximum absolute atomic E-state index is 12.9. The second kappa shape index (κ2) is 40.0. The van der Waals surface area contributed by atoms with E-state index in [4.69, 9.17) is 9.47 Å². The van der Waals surface area contributed by atoms with E-state index in [0.29, 0.717) is 6.42 Å². The van der Waals surface area contributed by atoms with Gasteiger partial charge in [-0.1, -0.05) is 168 Å². The molecule has 340 valence electrons. The van der Waals surface area contributed by atoms with Crippen molar-refractivity contribution in [1.29, 1.82) is 0 Å². The first kappa shape index (κ1) is 54.9. The Bertz CT molecular complexity index is 1300. The third kappa shape index (κ3) is 30.0. The molecule has 0 aromatic carbocycles. The summed E-state index contributed by atoms with van der Waals surface area (Å²) in [5, 5.41) is 54.1. The molecule has 1 heterocycles. The van der Waals surface area contributed by atoms with E-state index in [9.17, 15) is 30.3 Å². The minimum Gasteiger partial charge on any atom is -0.394 e. The molecular weight excluding hydrogens is 755 g/mol. The number of hydrogen-bond acceptors (Lipinski definition) is 8. The third-order valence-corrected chi connectivity index (χ3v) is 10.1. The highest BCUT2D eigenvalue weighted by Gasteiger charge is 2.44. The number of rotatable bonds is 36. The first-order valence-electron chi connectivity index (χ1n) is 23.1. The molecule has 7 atom stereocenters. The fourth-order valence-electron chi connectivity index (χ4n) is 6.39. The van der Waals surface area contributed by atoms with E-state index in [1.54, 1.807) is 6.08 Å². The molecule has 0 radical (unpaired) electrons. The van der Waals surface area contributed by atoms with Crippen LogP contribution in [0.25, 0.3) is 0 Å². The van der Waals surface area contributed by atoms with E-state index in [-0.39, 0.29) is 18.9 Å². The third-order valence-electron chi connectivity index (χ3n) is 10.1. The smallest absolute Gasteiger partial charge is 0.220 e. The predicted molar refractivity (Wildman–Crippen MR) is 248 cm³/mol.